The number of carboxylic acids is 2. The molecule has 0 aliphatic rings. The highest BCUT2D eigenvalue weighted by Crippen LogP contribution is 2.02. The minimum absolute atomic E-state index is 0.125. The first-order chi connectivity index (χ1) is 8.47. The van der Waals surface area contributed by atoms with Crippen molar-refractivity contribution in [2.45, 2.75) is 18.9 Å². The summed E-state index contributed by atoms with van der Waals surface area (Å²) in [6.07, 6.45) is -0.423. The number of carboxylic acid groups (broad SMARTS) is 2. The Bertz CT molecular complexity index is 296. The number of aliphatic carboxylic acids is 2. The lowest BCUT2D eigenvalue weighted by Crippen LogP contribution is -2.42. The normalized spacial score (nSPS) is 11.8. The van der Waals surface area contributed by atoms with Gasteiger partial charge in [0.25, 0.3) is 0 Å². The van der Waals surface area contributed by atoms with Crippen LogP contribution in [0.5, 0.6) is 0 Å². The third kappa shape index (κ3) is 8.82. The average molecular weight is 279 g/mol. The fourth-order valence-corrected chi connectivity index (χ4v) is 1.77. The second kappa shape index (κ2) is 9.72. The average Bonchev–Trinajstić information content (AvgIpc) is 2.29. The van der Waals surface area contributed by atoms with Crippen molar-refractivity contribution in [1.82, 2.24) is 5.32 Å². The molecule has 1 unspecified atom stereocenters. The topological polar surface area (TPSA) is 113 Å². The van der Waals surface area contributed by atoms with Gasteiger partial charge in [-0.15, -0.1) is 11.8 Å². The maximum Gasteiger partial charge on any atom is 0.326 e. The van der Waals surface area contributed by atoms with Crippen molar-refractivity contribution in [3.8, 4) is 0 Å². The molecule has 1 amide bonds. The van der Waals surface area contributed by atoms with Crippen LogP contribution >= 0.6 is 11.8 Å². The molecule has 0 aromatic rings. The summed E-state index contributed by atoms with van der Waals surface area (Å²) in [5, 5.41) is 19.6. The van der Waals surface area contributed by atoms with Crippen LogP contribution in [0.3, 0.4) is 0 Å². The first-order valence-electron chi connectivity index (χ1n) is 5.28. The van der Waals surface area contributed by atoms with E-state index in [4.69, 9.17) is 14.9 Å². The molecule has 0 rings (SSSR count). The number of ether oxygens (including phenoxy) is 1. The molecular weight excluding hydrogens is 262 g/mol. The van der Waals surface area contributed by atoms with Crippen molar-refractivity contribution in [3.05, 3.63) is 0 Å². The van der Waals surface area contributed by atoms with Gasteiger partial charge in [-0.3, -0.25) is 9.59 Å². The minimum Gasteiger partial charge on any atom is -0.481 e. The second-order valence-electron chi connectivity index (χ2n) is 3.44. The summed E-state index contributed by atoms with van der Waals surface area (Å²) >= 11 is 1.32. The van der Waals surface area contributed by atoms with Crippen LogP contribution in [-0.2, 0) is 19.1 Å². The van der Waals surface area contributed by atoms with Crippen LogP contribution in [0.2, 0.25) is 0 Å². The highest BCUT2D eigenvalue weighted by atomic mass is 32.2. The molecule has 0 saturated heterocycles. The largest absolute Gasteiger partial charge is 0.481 e. The maximum atomic E-state index is 11.4. The third-order valence-electron chi connectivity index (χ3n) is 1.95. The Labute approximate surface area is 109 Å². The lowest BCUT2D eigenvalue weighted by Gasteiger charge is -2.13. The van der Waals surface area contributed by atoms with Crippen molar-refractivity contribution < 1.29 is 29.3 Å². The smallest absolute Gasteiger partial charge is 0.326 e. The zero-order valence-electron chi connectivity index (χ0n) is 10.0. The molecule has 0 aliphatic carbocycles. The molecule has 0 radical (unpaired) electrons. The van der Waals surface area contributed by atoms with Crippen molar-refractivity contribution >= 4 is 29.6 Å². The summed E-state index contributed by atoms with van der Waals surface area (Å²) in [7, 11) is 1.55. The van der Waals surface area contributed by atoms with Gasteiger partial charge in [0.2, 0.25) is 5.91 Å². The maximum absolute atomic E-state index is 11.4. The number of amides is 1. The summed E-state index contributed by atoms with van der Waals surface area (Å²) < 4.78 is 4.80. The van der Waals surface area contributed by atoms with Gasteiger partial charge in [0, 0.05) is 19.3 Å². The molecule has 0 heterocycles. The molecule has 3 N–H and O–H groups in total. The van der Waals surface area contributed by atoms with Crippen LogP contribution in [0.4, 0.5) is 0 Å². The van der Waals surface area contributed by atoms with Crippen molar-refractivity contribution in [2.75, 3.05) is 25.2 Å². The SMILES string of the molecule is COCCSCC(=O)NC(CCC(=O)O)C(=O)O. The second-order valence-corrected chi connectivity index (χ2v) is 4.54. The number of nitrogens with one attached hydrogen (secondary N) is 1. The van der Waals surface area contributed by atoms with E-state index in [9.17, 15) is 14.4 Å². The predicted molar refractivity (Wildman–Crippen MR) is 65.6 cm³/mol. The van der Waals surface area contributed by atoms with E-state index in [1.54, 1.807) is 7.11 Å². The monoisotopic (exact) mass is 279 g/mol. The van der Waals surface area contributed by atoms with E-state index in [1.165, 1.54) is 11.8 Å². The molecule has 18 heavy (non-hydrogen) atoms. The summed E-state index contributed by atoms with van der Waals surface area (Å²) in [5.41, 5.74) is 0. The number of thioether (sulfide) groups is 1. The van der Waals surface area contributed by atoms with Gasteiger partial charge in [-0.05, 0) is 6.42 Å². The highest BCUT2D eigenvalue weighted by Gasteiger charge is 2.20. The number of rotatable bonds is 10. The van der Waals surface area contributed by atoms with E-state index in [0.717, 1.165) is 0 Å². The number of carbonyl (C=O) groups excluding carboxylic acids is 1. The zero-order chi connectivity index (χ0) is 14.0. The fourth-order valence-electron chi connectivity index (χ4n) is 1.07. The Morgan fingerprint density at radius 2 is 2.00 bits per heavy atom. The van der Waals surface area contributed by atoms with Gasteiger partial charge in [0.1, 0.15) is 6.04 Å². The molecule has 0 aliphatic heterocycles. The molecule has 0 aromatic heterocycles. The zero-order valence-corrected chi connectivity index (χ0v) is 10.9. The Hall–Kier alpha value is -1.28. The van der Waals surface area contributed by atoms with Crippen LogP contribution in [-0.4, -0.2) is 59.3 Å². The van der Waals surface area contributed by atoms with Gasteiger partial charge < -0.3 is 20.3 Å². The molecule has 7 nitrogen and oxygen atoms in total. The minimum atomic E-state index is -1.23. The van der Waals surface area contributed by atoms with E-state index in [2.05, 4.69) is 5.32 Å². The van der Waals surface area contributed by atoms with Crippen LogP contribution in [0.1, 0.15) is 12.8 Å². The van der Waals surface area contributed by atoms with Gasteiger partial charge in [-0.25, -0.2) is 4.79 Å². The third-order valence-corrected chi connectivity index (χ3v) is 2.87. The number of hydrogen-bond donors (Lipinski definition) is 3. The van der Waals surface area contributed by atoms with E-state index < -0.39 is 23.9 Å². The van der Waals surface area contributed by atoms with Gasteiger partial charge in [-0.2, -0.15) is 0 Å². The number of hydrogen-bond acceptors (Lipinski definition) is 5. The first-order valence-corrected chi connectivity index (χ1v) is 6.43. The van der Waals surface area contributed by atoms with Crippen molar-refractivity contribution in [3.63, 3.8) is 0 Å². The van der Waals surface area contributed by atoms with E-state index in [1.807, 2.05) is 0 Å². The van der Waals surface area contributed by atoms with Gasteiger partial charge >= 0.3 is 11.9 Å². The quantitative estimate of drug-likeness (QED) is 0.475. The summed E-state index contributed by atoms with van der Waals surface area (Å²) in [6, 6.07) is -1.16. The predicted octanol–water partition coefficient (Wildman–Crippen LogP) is -0.200. The lowest BCUT2D eigenvalue weighted by atomic mass is 10.1. The molecular formula is C10H17NO6S. The standard InChI is InChI=1S/C10H17NO6S/c1-17-4-5-18-6-8(12)11-7(10(15)16)2-3-9(13)14/h7H,2-6H2,1H3,(H,11,12)(H,13,14)(H,15,16). The van der Waals surface area contributed by atoms with Crippen LogP contribution in [0, 0.1) is 0 Å². The van der Waals surface area contributed by atoms with Gasteiger partial charge in [0.05, 0.1) is 12.4 Å². The molecule has 1 atom stereocenters. The highest BCUT2D eigenvalue weighted by molar-refractivity contribution is 7.99. The Morgan fingerprint density at radius 1 is 1.33 bits per heavy atom. The van der Waals surface area contributed by atoms with Crippen LogP contribution in [0.25, 0.3) is 0 Å². The van der Waals surface area contributed by atoms with Gasteiger partial charge in [0.15, 0.2) is 0 Å². The first kappa shape index (κ1) is 16.7. The molecule has 0 bridgehead atoms. The molecule has 0 spiro atoms. The van der Waals surface area contributed by atoms with E-state index in [0.29, 0.717) is 12.4 Å². The molecule has 0 fully saturated rings. The summed E-state index contributed by atoms with van der Waals surface area (Å²) in [6.45, 7) is 0.513. The fraction of sp³-hybridized carbons (Fsp3) is 0.700. The van der Waals surface area contributed by atoms with Crippen molar-refractivity contribution in [2.24, 2.45) is 0 Å². The van der Waals surface area contributed by atoms with Crippen molar-refractivity contribution in [1.29, 1.82) is 0 Å². The number of carbonyl (C=O) groups is 3. The Balaban J connectivity index is 3.96. The Kier molecular flexibility index (Phi) is 9.03. The summed E-state index contributed by atoms with van der Waals surface area (Å²) in [5.74, 6) is -1.98. The lowest BCUT2D eigenvalue weighted by molar-refractivity contribution is -0.142. The number of methoxy groups -OCH3 is 1. The van der Waals surface area contributed by atoms with Crippen LogP contribution in [0.15, 0.2) is 0 Å². The van der Waals surface area contributed by atoms with E-state index >= 15 is 0 Å². The molecule has 8 heteroatoms. The van der Waals surface area contributed by atoms with Crippen LogP contribution < -0.4 is 5.32 Å². The molecule has 0 saturated carbocycles. The van der Waals surface area contributed by atoms with E-state index in [-0.39, 0.29) is 18.6 Å². The van der Waals surface area contributed by atoms with Gasteiger partial charge in [-0.1, -0.05) is 0 Å². The molecule has 104 valence electrons. The Morgan fingerprint density at radius 3 is 2.50 bits per heavy atom. The molecule has 0 aromatic carbocycles. The summed E-state index contributed by atoms with van der Waals surface area (Å²) in [4.78, 5) is 32.5.